The first-order valence-corrected chi connectivity index (χ1v) is 10.9. The quantitative estimate of drug-likeness (QED) is 0.472. The molecule has 8 nitrogen and oxygen atoms in total. The van der Waals surface area contributed by atoms with Crippen molar-refractivity contribution in [2.24, 2.45) is 0 Å². The number of nitrogens with one attached hydrogen (secondary N) is 1. The minimum Gasteiger partial charge on any atom is -0.497 e. The molecule has 1 N–H and O–H groups in total. The molecule has 2 aromatic heterocycles. The maximum Gasteiger partial charge on any atom is 0.251 e. The van der Waals surface area contributed by atoms with Gasteiger partial charge >= 0.3 is 0 Å². The lowest BCUT2D eigenvalue weighted by Gasteiger charge is -2.17. The molecule has 9 heteroatoms. The fraction of sp³-hybridized carbons (Fsp3) is 0.400. The molecule has 1 fully saturated rings. The average Bonchev–Trinajstić information content (AvgIpc) is 3.43. The molecule has 4 rings (SSSR count). The first-order chi connectivity index (χ1) is 14.2. The van der Waals surface area contributed by atoms with Crippen LogP contribution in [0.3, 0.4) is 0 Å². The zero-order valence-corrected chi connectivity index (χ0v) is 17.4. The van der Waals surface area contributed by atoms with Crippen LogP contribution >= 0.6 is 11.8 Å². The van der Waals surface area contributed by atoms with E-state index in [4.69, 9.17) is 9.72 Å². The summed E-state index contributed by atoms with van der Waals surface area (Å²) in [5, 5.41) is 9.15. The Balaban J connectivity index is 1.47. The molecule has 1 aliphatic rings. The minimum absolute atomic E-state index is 0.124. The van der Waals surface area contributed by atoms with Gasteiger partial charge in [0.05, 0.1) is 25.2 Å². The summed E-state index contributed by atoms with van der Waals surface area (Å²) in [6, 6.07) is 7.04. The molecule has 0 radical (unpaired) electrons. The molecule has 0 bridgehead atoms. The third-order valence-electron chi connectivity index (χ3n) is 5.01. The van der Waals surface area contributed by atoms with E-state index in [1.807, 2.05) is 17.1 Å². The van der Waals surface area contributed by atoms with Crippen LogP contribution in [-0.4, -0.2) is 58.7 Å². The van der Waals surface area contributed by atoms with Crippen LogP contribution in [0, 0.1) is 0 Å². The molecule has 3 aromatic rings. The maximum absolute atomic E-state index is 12.3. The molecule has 29 heavy (non-hydrogen) atoms. The standard InChI is InChI=1S/C20H24N6O2S/c1-28-15-7-5-14(6-8-15)19(27)21-9-12-26-18-16(13-22-26)17(23-20(24-18)29-2)25-10-3-4-11-25/h5-8,13H,3-4,9-12H2,1-2H3,(H,21,27). The van der Waals surface area contributed by atoms with Gasteiger partial charge in [-0.2, -0.15) is 5.10 Å². The van der Waals surface area contributed by atoms with Gasteiger partial charge in [0.25, 0.3) is 5.91 Å². The van der Waals surface area contributed by atoms with E-state index >= 15 is 0 Å². The van der Waals surface area contributed by atoms with Crippen molar-refractivity contribution in [1.82, 2.24) is 25.1 Å². The number of rotatable bonds is 7. The van der Waals surface area contributed by atoms with Crippen LogP contribution in [0.5, 0.6) is 5.75 Å². The fourth-order valence-corrected chi connectivity index (χ4v) is 3.82. The van der Waals surface area contributed by atoms with E-state index in [-0.39, 0.29) is 5.91 Å². The zero-order valence-electron chi connectivity index (χ0n) is 16.6. The van der Waals surface area contributed by atoms with Crippen LogP contribution in [0.2, 0.25) is 0 Å². The molecule has 1 saturated heterocycles. The van der Waals surface area contributed by atoms with Crippen molar-refractivity contribution >= 4 is 34.5 Å². The van der Waals surface area contributed by atoms with E-state index in [9.17, 15) is 4.79 Å². The molecule has 0 saturated carbocycles. The van der Waals surface area contributed by atoms with Gasteiger partial charge in [-0.1, -0.05) is 11.8 Å². The number of hydrogen-bond acceptors (Lipinski definition) is 7. The highest BCUT2D eigenvalue weighted by atomic mass is 32.2. The van der Waals surface area contributed by atoms with E-state index in [2.05, 4.69) is 20.3 Å². The Morgan fingerprint density at radius 2 is 1.97 bits per heavy atom. The summed E-state index contributed by atoms with van der Waals surface area (Å²) in [5.41, 5.74) is 1.41. The molecule has 1 aliphatic heterocycles. The Bertz CT molecular complexity index is 998. The van der Waals surface area contributed by atoms with Crippen molar-refractivity contribution in [2.75, 3.05) is 37.9 Å². The smallest absolute Gasteiger partial charge is 0.251 e. The van der Waals surface area contributed by atoms with Crippen molar-refractivity contribution in [1.29, 1.82) is 0 Å². The van der Waals surface area contributed by atoms with E-state index < -0.39 is 0 Å². The number of carbonyl (C=O) groups is 1. The van der Waals surface area contributed by atoms with Crippen LogP contribution in [0.15, 0.2) is 35.6 Å². The van der Waals surface area contributed by atoms with Crippen molar-refractivity contribution in [3.63, 3.8) is 0 Å². The second kappa shape index (κ2) is 8.69. The van der Waals surface area contributed by atoms with Gasteiger partial charge in [-0.25, -0.2) is 14.6 Å². The Morgan fingerprint density at radius 1 is 1.21 bits per heavy atom. The molecule has 0 aliphatic carbocycles. The summed E-state index contributed by atoms with van der Waals surface area (Å²) in [6.45, 7) is 3.03. The summed E-state index contributed by atoms with van der Waals surface area (Å²) in [5.74, 6) is 1.56. The number of benzene rings is 1. The van der Waals surface area contributed by atoms with Gasteiger partial charge in [-0.05, 0) is 43.4 Å². The van der Waals surface area contributed by atoms with Crippen molar-refractivity contribution in [3.05, 3.63) is 36.0 Å². The number of ether oxygens (including phenoxy) is 1. The lowest BCUT2D eigenvalue weighted by Crippen LogP contribution is -2.27. The third-order valence-corrected chi connectivity index (χ3v) is 5.55. The van der Waals surface area contributed by atoms with Crippen molar-refractivity contribution in [3.8, 4) is 5.75 Å². The van der Waals surface area contributed by atoms with Gasteiger partial charge in [0.1, 0.15) is 11.6 Å². The average molecular weight is 413 g/mol. The van der Waals surface area contributed by atoms with Crippen molar-refractivity contribution < 1.29 is 9.53 Å². The first-order valence-electron chi connectivity index (χ1n) is 9.64. The normalized spacial score (nSPS) is 13.8. The van der Waals surface area contributed by atoms with E-state index in [1.165, 1.54) is 24.6 Å². The van der Waals surface area contributed by atoms with Gasteiger partial charge in [0.2, 0.25) is 0 Å². The largest absolute Gasteiger partial charge is 0.497 e. The predicted molar refractivity (Wildman–Crippen MR) is 114 cm³/mol. The number of hydrogen-bond donors (Lipinski definition) is 1. The lowest BCUT2D eigenvalue weighted by atomic mass is 10.2. The highest BCUT2D eigenvalue weighted by molar-refractivity contribution is 7.98. The fourth-order valence-electron chi connectivity index (χ4n) is 3.47. The van der Waals surface area contributed by atoms with Crippen LogP contribution in [-0.2, 0) is 6.54 Å². The summed E-state index contributed by atoms with van der Waals surface area (Å²) in [7, 11) is 1.60. The zero-order chi connectivity index (χ0) is 20.2. The molecular weight excluding hydrogens is 388 g/mol. The monoisotopic (exact) mass is 412 g/mol. The summed E-state index contributed by atoms with van der Waals surface area (Å²) >= 11 is 1.53. The van der Waals surface area contributed by atoms with Gasteiger partial charge < -0.3 is 15.0 Å². The number of nitrogens with zero attached hydrogens (tertiary/aromatic N) is 5. The van der Waals surface area contributed by atoms with E-state index in [0.717, 1.165) is 40.8 Å². The third kappa shape index (κ3) is 4.14. The molecular formula is C20H24N6O2S. The Hall–Kier alpha value is -2.81. The van der Waals surface area contributed by atoms with Gasteiger partial charge in [0.15, 0.2) is 10.8 Å². The van der Waals surface area contributed by atoms with E-state index in [0.29, 0.717) is 18.7 Å². The van der Waals surface area contributed by atoms with E-state index in [1.54, 1.807) is 31.4 Å². The van der Waals surface area contributed by atoms with Crippen molar-refractivity contribution in [2.45, 2.75) is 24.5 Å². The number of amides is 1. The van der Waals surface area contributed by atoms with Crippen LogP contribution in [0.1, 0.15) is 23.2 Å². The summed E-state index contributed by atoms with van der Waals surface area (Å²) < 4.78 is 6.96. The number of anilines is 1. The van der Waals surface area contributed by atoms with Gasteiger partial charge in [-0.3, -0.25) is 4.79 Å². The maximum atomic E-state index is 12.3. The Labute approximate surface area is 173 Å². The van der Waals surface area contributed by atoms with Crippen LogP contribution < -0.4 is 15.0 Å². The lowest BCUT2D eigenvalue weighted by molar-refractivity contribution is 0.0952. The molecule has 152 valence electrons. The number of thioether (sulfide) groups is 1. The second-order valence-electron chi connectivity index (χ2n) is 6.82. The Kier molecular flexibility index (Phi) is 5.84. The number of aromatic nitrogens is 4. The molecule has 0 atom stereocenters. The SMILES string of the molecule is COc1ccc(C(=O)NCCn2ncc3c(N4CCCC4)nc(SC)nc32)cc1. The molecule has 3 heterocycles. The predicted octanol–water partition coefficient (Wildman–Crippen LogP) is 2.59. The first kappa shape index (κ1) is 19.5. The Morgan fingerprint density at radius 3 is 2.66 bits per heavy atom. The van der Waals surface area contributed by atoms with Gasteiger partial charge in [0, 0.05) is 25.2 Å². The molecule has 0 spiro atoms. The summed E-state index contributed by atoms with van der Waals surface area (Å²) in [6.07, 6.45) is 6.18. The highest BCUT2D eigenvalue weighted by Gasteiger charge is 2.20. The topological polar surface area (TPSA) is 85.2 Å². The summed E-state index contributed by atoms with van der Waals surface area (Å²) in [4.78, 5) is 24.0. The number of carbonyl (C=O) groups excluding carboxylic acids is 1. The molecule has 1 amide bonds. The number of fused-ring (bicyclic) bond motifs is 1. The second-order valence-corrected chi connectivity index (χ2v) is 7.59. The minimum atomic E-state index is -0.124. The van der Waals surface area contributed by atoms with Crippen LogP contribution in [0.25, 0.3) is 11.0 Å². The van der Waals surface area contributed by atoms with Gasteiger partial charge in [-0.15, -0.1) is 0 Å². The number of methoxy groups -OCH3 is 1. The molecule has 1 aromatic carbocycles. The highest BCUT2D eigenvalue weighted by Crippen LogP contribution is 2.28. The van der Waals surface area contributed by atoms with Crippen LogP contribution in [0.4, 0.5) is 5.82 Å². The molecule has 0 unspecified atom stereocenters.